The largest absolute Gasteiger partial charge is 0.480 e. The van der Waals surface area contributed by atoms with E-state index in [1.54, 1.807) is 0 Å². The number of aliphatic hydroxyl groups is 1. The number of sulfonamides is 2. The molecule has 1 aromatic heterocycles. The average Bonchev–Trinajstić information content (AvgIpc) is 3.00. The molecule has 45 heavy (non-hydrogen) atoms. The van der Waals surface area contributed by atoms with E-state index in [4.69, 9.17) is 10.2 Å². The molecule has 0 saturated carbocycles. The summed E-state index contributed by atoms with van der Waals surface area (Å²) in [6.45, 7) is 1.24. The van der Waals surface area contributed by atoms with Gasteiger partial charge < -0.3 is 15.1 Å². The lowest BCUT2D eigenvalue weighted by molar-refractivity contribution is -0.140. The summed E-state index contributed by atoms with van der Waals surface area (Å²) in [6.07, 6.45) is 2.91. The quantitative estimate of drug-likeness (QED) is 0.292. The SMILES string of the molecule is O=C(O)C(CO)NS(=O)(=O)c1cnc(N2CCC(CCCC3CCN(S(=O)(=O)c4ccc(C(F)(F)F)cc4)CC3)CC2)c(Br)c1. The van der Waals surface area contributed by atoms with Crippen molar-refractivity contribution in [1.29, 1.82) is 0 Å². The molecule has 2 aliphatic heterocycles. The third-order valence-corrected chi connectivity index (χ3v) is 12.4. The van der Waals surface area contributed by atoms with Gasteiger partial charge in [0, 0.05) is 32.4 Å². The Balaban J connectivity index is 1.20. The summed E-state index contributed by atoms with van der Waals surface area (Å²) in [7, 11) is -8.06. The number of carbonyl (C=O) groups is 1. The number of nitrogens with zero attached hydrogens (tertiary/aromatic N) is 3. The molecule has 250 valence electrons. The molecule has 3 heterocycles. The second kappa shape index (κ2) is 14.6. The van der Waals surface area contributed by atoms with E-state index in [-0.39, 0.29) is 9.79 Å². The van der Waals surface area contributed by atoms with Gasteiger partial charge in [0.1, 0.15) is 16.8 Å². The van der Waals surface area contributed by atoms with E-state index in [1.807, 2.05) is 4.72 Å². The maximum atomic E-state index is 12.9. The molecule has 2 aromatic rings. The molecule has 0 spiro atoms. The number of aromatic nitrogens is 1. The van der Waals surface area contributed by atoms with E-state index >= 15 is 0 Å². The Labute approximate surface area is 269 Å². The van der Waals surface area contributed by atoms with Gasteiger partial charge in [0.25, 0.3) is 0 Å². The maximum Gasteiger partial charge on any atom is 0.416 e. The highest BCUT2D eigenvalue weighted by atomic mass is 79.9. The van der Waals surface area contributed by atoms with Gasteiger partial charge >= 0.3 is 12.1 Å². The third-order valence-electron chi connectivity index (χ3n) is 8.42. The Kier molecular flexibility index (Phi) is 11.6. The van der Waals surface area contributed by atoms with Gasteiger partial charge in [-0.1, -0.05) is 19.3 Å². The molecule has 11 nitrogen and oxygen atoms in total. The van der Waals surface area contributed by atoms with Gasteiger partial charge in [-0.25, -0.2) is 21.8 Å². The standard InChI is InChI=1S/C28H36BrF3N4O7S2/c29-24-16-23(44(40,41)34-25(18-37)27(38)39)17-33-26(24)35-12-8-19(9-13-35)2-1-3-20-10-14-36(15-11-20)45(42,43)22-6-4-21(5-7-22)28(30,31)32/h4-7,16-17,19-20,25,34,37H,1-3,8-15,18H2,(H,38,39). The van der Waals surface area contributed by atoms with E-state index < -0.39 is 50.4 Å². The summed E-state index contributed by atoms with van der Waals surface area (Å²) in [5.74, 6) is -0.0159. The number of alkyl halides is 3. The van der Waals surface area contributed by atoms with Crippen LogP contribution in [0.25, 0.3) is 0 Å². The number of hydrogen-bond acceptors (Lipinski definition) is 8. The summed E-state index contributed by atoms with van der Waals surface area (Å²) in [4.78, 5) is 17.1. The molecule has 3 N–H and O–H groups in total. The number of carboxylic acids is 1. The van der Waals surface area contributed by atoms with Crippen LogP contribution in [-0.4, -0.2) is 81.1 Å². The van der Waals surface area contributed by atoms with E-state index in [2.05, 4.69) is 25.8 Å². The number of nitrogens with one attached hydrogen (secondary N) is 1. The van der Waals surface area contributed by atoms with Crippen molar-refractivity contribution in [2.45, 2.75) is 67.0 Å². The summed E-state index contributed by atoms with van der Waals surface area (Å²) in [5.41, 5.74) is -0.885. The topological polar surface area (TPSA) is 157 Å². The van der Waals surface area contributed by atoms with Gasteiger partial charge in [0.05, 0.1) is 21.5 Å². The highest BCUT2D eigenvalue weighted by Gasteiger charge is 2.33. The highest BCUT2D eigenvalue weighted by molar-refractivity contribution is 9.10. The lowest BCUT2D eigenvalue weighted by Crippen LogP contribution is -2.43. The molecule has 17 heteroatoms. The smallest absolute Gasteiger partial charge is 0.416 e. The van der Waals surface area contributed by atoms with Crippen molar-refractivity contribution in [3.05, 3.63) is 46.6 Å². The van der Waals surface area contributed by atoms with E-state index in [0.717, 1.165) is 75.7 Å². The Hall–Kier alpha value is -2.31. The summed E-state index contributed by atoms with van der Waals surface area (Å²) in [6, 6.07) is 3.30. The zero-order chi connectivity index (χ0) is 33.0. The Morgan fingerprint density at radius 2 is 1.53 bits per heavy atom. The van der Waals surface area contributed by atoms with Crippen LogP contribution in [-0.2, 0) is 31.0 Å². The first-order valence-corrected chi connectivity index (χ1v) is 18.3. The van der Waals surface area contributed by atoms with Gasteiger partial charge in [-0.3, -0.25) is 4.79 Å². The zero-order valence-electron chi connectivity index (χ0n) is 24.3. The molecule has 0 amide bonds. The van der Waals surface area contributed by atoms with E-state index in [1.165, 1.54) is 10.4 Å². The van der Waals surface area contributed by atoms with Gasteiger partial charge in [0.15, 0.2) is 0 Å². The fourth-order valence-electron chi connectivity index (χ4n) is 5.75. The van der Waals surface area contributed by atoms with Crippen LogP contribution in [0.5, 0.6) is 0 Å². The van der Waals surface area contributed by atoms with E-state index in [0.29, 0.717) is 48.1 Å². The minimum atomic E-state index is -4.52. The first-order valence-electron chi connectivity index (χ1n) is 14.6. The first-order chi connectivity index (χ1) is 21.1. The van der Waals surface area contributed by atoms with E-state index in [9.17, 15) is 34.8 Å². The Morgan fingerprint density at radius 3 is 2.02 bits per heavy atom. The molecule has 0 radical (unpaired) electrons. The predicted molar refractivity (Wildman–Crippen MR) is 162 cm³/mol. The molecule has 2 saturated heterocycles. The highest BCUT2D eigenvalue weighted by Crippen LogP contribution is 2.34. The fourth-order valence-corrected chi connectivity index (χ4v) is 9.12. The third kappa shape index (κ3) is 8.94. The number of anilines is 1. The van der Waals surface area contributed by atoms with Crippen LogP contribution in [0.4, 0.5) is 19.0 Å². The molecule has 1 aromatic carbocycles. The van der Waals surface area contributed by atoms with Crippen LogP contribution >= 0.6 is 15.9 Å². The lowest BCUT2D eigenvalue weighted by Gasteiger charge is -2.34. The van der Waals surface area contributed by atoms with Crippen LogP contribution in [0.15, 0.2) is 50.8 Å². The number of aliphatic hydroxyl groups excluding tert-OH is 1. The molecule has 2 aliphatic rings. The summed E-state index contributed by atoms with van der Waals surface area (Å²) >= 11 is 3.38. The predicted octanol–water partition coefficient (Wildman–Crippen LogP) is 4.07. The molecular weight excluding hydrogens is 705 g/mol. The molecule has 4 rings (SSSR count). The molecule has 0 aliphatic carbocycles. The number of hydrogen-bond donors (Lipinski definition) is 3. The maximum absolute atomic E-state index is 12.9. The van der Waals surface area contributed by atoms with Gasteiger partial charge in [-0.15, -0.1) is 0 Å². The molecule has 1 unspecified atom stereocenters. The van der Waals surface area contributed by atoms with Crippen LogP contribution in [0.2, 0.25) is 0 Å². The number of piperidine rings is 2. The molecule has 2 fully saturated rings. The van der Waals surface area contributed by atoms with Gasteiger partial charge in [-0.2, -0.15) is 22.2 Å². The molecule has 0 bridgehead atoms. The minimum Gasteiger partial charge on any atom is -0.480 e. The Morgan fingerprint density at radius 1 is 0.978 bits per heavy atom. The Bertz CT molecular complexity index is 1540. The lowest BCUT2D eigenvalue weighted by atomic mass is 9.87. The first kappa shape index (κ1) is 35.5. The van der Waals surface area contributed by atoms with Crippen LogP contribution in [0, 0.1) is 11.8 Å². The number of pyridine rings is 1. The molecule has 1 atom stereocenters. The van der Waals surface area contributed by atoms with Gasteiger partial charge in [-0.05, 0) is 83.8 Å². The fraction of sp³-hybridized carbons (Fsp3) is 0.571. The molecular formula is C28H36BrF3N4O7S2. The number of halogens is 4. The van der Waals surface area contributed by atoms with Crippen molar-refractivity contribution < 1.29 is 45.0 Å². The summed E-state index contributed by atoms with van der Waals surface area (Å²) < 4.78 is 93.2. The normalized spacial score (nSPS) is 18.6. The van der Waals surface area contributed by atoms with Crippen LogP contribution in [0.1, 0.15) is 50.5 Å². The minimum absolute atomic E-state index is 0.132. The number of aliphatic carboxylic acids is 1. The second-order valence-electron chi connectivity index (χ2n) is 11.4. The van der Waals surface area contributed by atoms with Crippen molar-refractivity contribution in [3.8, 4) is 0 Å². The monoisotopic (exact) mass is 740 g/mol. The number of benzene rings is 1. The second-order valence-corrected chi connectivity index (χ2v) is 15.9. The number of rotatable bonds is 12. The zero-order valence-corrected chi connectivity index (χ0v) is 27.5. The average molecular weight is 742 g/mol. The van der Waals surface area contributed by atoms with Crippen molar-refractivity contribution in [2.75, 3.05) is 37.7 Å². The van der Waals surface area contributed by atoms with Crippen molar-refractivity contribution in [3.63, 3.8) is 0 Å². The number of carboxylic acid groups (broad SMARTS) is 1. The van der Waals surface area contributed by atoms with Crippen LogP contribution < -0.4 is 9.62 Å². The van der Waals surface area contributed by atoms with Gasteiger partial charge in [0.2, 0.25) is 20.0 Å². The van der Waals surface area contributed by atoms with Crippen molar-refractivity contribution >= 4 is 47.8 Å². The van der Waals surface area contributed by atoms with Crippen molar-refractivity contribution in [2.24, 2.45) is 11.8 Å². The summed E-state index contributed by atoms with van der Waals surface area (Å²) in [5, 5.41) is 18.2. The van der Waals surface area contributed by atoms with Crippen LogP contribution in [0.3, 0.4) is 0 Å². The van der Waals surface area contributed by atoms with Crippen molar-refractivity contribution in [1.82, 2.24) is 14.0 Å².